The van der Waals surface area contributed by atoms with Gasteiger partial charge < -0.3 is 10.3 Å². The van der Waals surface area contributed by atoms with Gasteiger partial charge in [0.25, 0.3) is 0 Å². The summed E-state index contributed by atoms with van der Waals surface area (Å²) >= 11 is 0. The fourth-order valence-electron chi connectivity index (χ4n) is 5.98. The number of hydrogen-bond acceptors (Lipinski definition) is 3. The van der Waals surface area contributed by atoms with Gasteiger partial charge in [-0.2, -0.15) is 0 Å². The summed E-state index contributed by atoms with van der Waals surface area (Å²) in [6, 6.07) is 10.8. The van der Waals surface area contributed by atoms with Crippen LogP contribution in [0.5, 0.6) is 0 Å². The molecule has 1 fully saturated rings. The standard InChI is InChI=1S/C28H36F2N4/c1-5-7-12-33-16-19(17-33)31-18-13-22(29)25(23(30)14-18)27-26-21(15-28(3,4)34(27)6-2)20-10-8-9-11-24(20)32-26/h8-11,13-14,19,27,31-32H,5-7,12,15-17H2,1-4H3. The number of rotatable bonds is 7. The molecule has 4 nitrogen and oxygen atoms in total. The second-order valence-electron chi connectivity index (χ2n) is 10.5. The van der Waals surface area contributed by atoms with Gasteiger partial charge in [0.15, 0.2) is 0 Å². The third-order valence-corrected chi connectivity index (χ3v) is 7.67. The molecule has 0 bridgehead atoms. The number of benzene rings is 2. The molecule has 182 valence electrons. The van der Waals surface area contributed by atoms with Gasteiger partial charge in [-0.05, 0) is 63.5 Å². The summed E-state index contributed by atoms with van der Waals surface area (Å²) in [5.74, 6) is -0.981. The molecular weight excluding hydrogens is 430 g/mol. The third-order valence-electron chi connectivity index (χ3n) is 7.67. The number of unbranched alkanes of at least 4 members (excludes halogenated alkanes) is 1. The summed E-state index contributed by atoms with van der Waals surface area (Å²) in [6.45, 7) is 12.2. The summed E-state index contributed by atoms with van der Waals surface area (Å²) in [4.78, 5) is 8.11. The summed E-state index contributed by atoms with van der Waals surface area (Å²) in [5, 5.41) is 4.48. The molecule has 0 amide bonds. The van der Waals surface area contributed by atoms with Gasteiger partial charge in [-0.25, -0.2) is 8.78 Å². The van der Waals surface area contributed by atoms with Crippen LogP contribution in [0, 0.1) is 11.6 Å². The van der Waals surface area contributed by atoms with Crippen LogP contribution in [0.2, 0.25) is 0 Å². The molecule has 34 heavy (non-hydrogen) atoms. The summed E-state index contributed by atoms with van der Waals surface area (Å²) < 4.78 is 31.4. The number of anilines is 1. The first kappa shape index (κ1) is 23.3. The van der Waals surface area contributed by atoms with Crippen molar-refractivity contribution >= 4 is 16.6 Å². The molecular formula is C28H36F2N4. The normalized spacial score (nSPS) is 20.9. The second-order valence-corrected chi connectivity index (χ2v) is 10.5. The van der Waals surface area contributed by atoms with E-state index < -0.39 is 17.7 Å². The van der Waals surface area contributed by atoms with E-state index in [9.17, 15) is 0 Å². The molecule has 1 unspecified atom stereocenters. The van der Waals surface area contributed by atoms with E-state index in [0.717, 1.165) is 48.2 Å². The number of nitrogens with one attached hydrogen (secondary N) is 2. The predicted molar refractivity (Wildman–Crippen MR) is 135 cm³/mol. The quantitative estimate of drug-likeness (QED) is 0.442. The number of H-pyrrole nitrogens is 1. The van der Waals surface area contributed by atoms with E-state index in [1.165, 1.54) is 25.0 Å². The number of hydrogen-bond donors (Lipinski definition) is 2. The third kappa shape index (κ3) is 4.01. The molecule has 3 heterocycles. The average molecular weight is 467 g/mol. The number of para-hydroxylation sites is 1. The average Bonchev–Trinajstić information content (AvgIpc) is 3.12. The molecule has 0 aliphatic carbocycles. The van der Waals surface area contributed by atoms with Crippen LogP contribution in [0.1, 0.15) is 63.4 Å². The zero-order valence-corrected chi connectivity index (χ0v) is 20.7. The lowest BCUT2D eigenvalue weighted by atomic mass is 9.81. The number of likely N-dealkylation sites (tertiary alicyclic amines) is 1. The molecule has 0 spiro atoms. The smallest absolute Gasteiger partial charge is 0.133 e. The summed E-state index contributed by atoms with van der Waals surface area (Å²) in [6.07, 6.45) is 3.19. The molecule has 0 radical (unpaired) electrons. The van der Waals surface area contributed by atoms with E-state index in [2.05, 4.69) is 53.9 Å². The van der Waals surface area contributed by atoms with Gasteiger partial charge in [-0.3, -0.25) is 9.80 Å². The Morgan fingerprint density at radius 1 is 1.09 bits per heavy atom. The Kier molecular flexibility index (Phi) is 6.15. The van der Waals surface area contributed by atoms with Crippen molar-refractivity contribution in [1.82, 2.24) is 14.8 Å². The summed E-state index contributed by atoms with van der Waals surface area (Å²) in [5.41, 5.74) is 3.51. The van der Waals surface area contributed by atoms with Gasteiger partial charge in [0, 0.05) is 46.5 Å². The van der Waals surface area contributed by atoms with Crippen LogP contribution in [-0.4, -0.2) is 52.5 Å². The monoisotopic (exact) mass is 466 g/mol. The van der Waals surface area contributed by atoms with Crippen molar-refractivity contribution in [3.05, 3.63) is 64.9 Å². The highest BCUT2D eigenvalue weighted by Gasteiger charge is 2.43. The number of likely N-dealkylation sites (N-methyl/N-ethyl adjacent to an activating group) is 1. The first-order chi connectivity index (χ1) is 16.3. The Labute approximate surface area is 201 Å². The van der Waals surface area contributed by atoms with Gasteiger partial charge in [-0.1, -0.05) is 38.5 Å². The molecule has 6 heteroatoms. The fraction of sp³-hybridized carbons (Fsp3) is 0.500. The van der Waals surface area contributed by atoms with Gasteiger partial charge in [0.2, 0.25) is 0 Å². The molecule has 2 aromatic carbocycles. The number of fused-ring (bicyclic) bond motifs is 3. The predicted octanol–water partition coefficient (Wildman–Crippen LogP) is 6.09. The van der Waals surface area contributed by atoms with Crippen LogP contribution in [0.4, 0.5) is 14.5 Å². The minimum absolute atomic E-state index is 0.131. The number of halogens is 2. The maximum Gasteiger partial charge on any atom is 0.133 e. The maximum absolute atomic E-state index is 15.7. The zero-order valence-electron chi connectivity index (χ0n) is 20.7. The Bertz CT molecular complexity index is 1160. The Morgan fingerprint density at radius 2 is 1.79 bits per heavy atom. The molecule has 0 saturated carbocycles. The highest BCUT2D eigenvalue weighted by molar-refractivity contribution is 5.85. The van der Waals surface area contributed by atoms with E-state index in [1.54, 1.807) is 0 Å². The first-order valence-electron chi connectivity index (χ1n) is 12.7. The van der Waals surface area contributed by atoms with Crippen LogP contribution >= 0.6 is 0 Å². The van der Waals surface area contributed by atoms with Gasteiger partial charge in [0.05, 0.1) is 12.1 Å². The minimum Gasteiger partial charge on any atom is -0.380 e. The fourth-order valence-corrected chi connectivity index (χ4v) is 5.98. The van der Waals surface area contributed by atoms with E-state index in [1.807, 2.05) is 18.2 Å². The molecule has 5 rings (SSSR count). The zero-order chi connectivity index (χ0) is 24.0. The SMILES string of the molecule is CCCCN1CC(Nc2cc(F)c(C3c4[nH]c5ccccc5c4CC(C)(C)N3CC)c(F)c2)C1. The first-order valence-corrected chi connectivity index (χ1v) is 12.7. The van der Waals surface area contributed by atoms with Crippen molar-refractivity contribution in [3.63, 3.8) is 0 Å². The van der Waals surface area contributed by atoms with Gasteiger partial charge in [-0.15, -0.1) is 0 Å². The molecule has 3 aromatic rings. The molecule has 2 N–H and O–H groups in total. The lowest BCUT2D eigenvalue weighted by Gasteiger charge is -2.47. The number of aromatic amines is 1. The largest absolute Gasteiger partial charge is 0.380 e. The van der Waals surface area contributed by atoms with Crippen molar-refractivity contribution < 1.29 is 8.78 Å². The van der Waals surface area contributed by atoms with Crippen molar-refractivity contribution in [1.29, 1.82) is 0 Å². The number of aromatic nitrogens is 1. The molecule has 2 aliphatic heterocycles. The lowest BCUT2D eigenvalue weighted by Crippen LogP contribution is -2.54. The van der Waals surface area contributed by atoms with E-state index in [0.29, 0.717) is 12.2 Å². The van der Waals surface area contributed by atoms with Gasteiger partial charge in [0.1, 0.15) is 11.6 Å². The van der Waals surface area contributed by atoms with Crippen molar-refractivity contribution in [2.45, 2.75) is 64.6 Å². The van der Waals surface area contributed by atoms with Crippen molar-refractivity contribution in [3.8, 4) is 0 Å². The van der Waals surface area contributed by atoms with Gasteiger partial charge >= 0.3 is 0 Å². The van der Waals surface area contributed by atoms with E-state index in [-0.39, 0.29) is 17.1 Å². The topological polar surface area (TPSA) is 34.3 Å². The highest BCUT2D eigenvalue weighted by Crippen LogP contribution is 2.46. The van der Waals surface area contributed by atoms with Crippen molar-refractivity contribution in [2.24, 2.45) is 0 Å². The van der Waals surface area contributed by atoms with Crippen LogP contribution in [0.25, 0.3) is 10.9 Å². The Hall–Kier alpha value is -2.44. The van der Waals surface area contributed by atoms with Crippen LogP contribution in [0.15, 0.2) is 36.4 Å². The maximum atomic E-state index is 15.7. The molecule has 1 aromatic heterocycles. The Balaban J connectivity index is 1.49. The highest BCUT2D eigenvalue weighted by atomic mass is 19.1. The van der Waals surface area contributed by atoms with Crippen LogP contribution in [-0.2, 0) is 6.42 Å². The molecule has 2 aliphatic rings. The van der Waals surface area contributed by atoms with Crippen LogP contribution in [0.3, 0.4) is 0 Å². The summed E-state index contributed by atoms with van der Waals surface area (Å²) in [7, 11) is 0. The second kappa shape index (κ2) is 8.97. The molecule has 1 atom stereocenters. The van der Waals surface area contributed by atoms with E-state index >= 15 is 8.78 Å². The van der Waals surface area contributed by atoms with Crippen LogP contribution < -0.4 is 5.32 Å². The lowest BCUT2D eigenvalue weighted by molar-refractivity contribution is 0.0736. The Morgan fingerprint density at radius 3 is 2.47 bits per heavy atom. The molecule has 1 saturated heterocycles. The van der Waals surface area contributed by atoms with Crippen molar-refractivity contribution in [2.75, 3.05) is 31.5 Å². The van der Waals surface area contributed by atoms with E-state index in [4.69, 9.17) is 0 Å². The number of nitrogens with zero attached hydrogens (tertiary/aromatic N) is 2. The minimum atomic E-state index is -0.501.